The number of carboxylic acid groups (broad SMARTS) is 1. The molecule has 0 spiro atoms. The van der Waals surface area contributed by atoms with E-state index in [2.05, 4.69) is 4.99 Å². The molecule has 24 heavy (non-hydrogen) atoms. The Kier molecular flexibility index (Phi) is 4.49. The van der Waals surface area contributed by atoms with Crippen LogP contribution < -0.4 is 0 Å². The van der Waals surface area contributed by atoms with E-state index in [4.69, 9.17) is 16.7 Å². The molecule has 3 rings (SSSR count). The van der Waals surface area contributed by atoms with Crippen LogP contribution in [-0.4, -0.2) is 21.9 Å². The normalized spacial score (nSPS) is 11.1. The zero-order chi connectivity index (χ0) is 17.1. The predicted molar refractivity (Wildman–Crippen MR) is 96.2 cm³/mol. The van der Waals surface area contributed by atoms with E-state index in [9.17, 15) is 4.79 Å². The third-order valence-electron chi connectivity index (χ3n) is 3.75. The first kappa shape index (κ1) is 16.0. The van der Waals surface area contributed by atoms with Gasteiger partial charge in [-0.2, -0.15) is 0 Å². The van der Waals surface area contributed by atoms with Crippen molar-refractivity contribution in [2.75, 3.05) is 0 Å². The summed E-state index contributed by atoms with van der Waals surface area (Å²) in [7, 11) is 0. The molecule has 0 aliphatic rings. The maximum absolute atomic E-state index is 10.9. The molecule has 0 aliphatic carbocycles. The minimum absolute atomic E-state index is 0.260. The van der Waals surface area contributed by atoms with Gasteiger partial charge in [-0.3, -0.25) is 4.99 Å². The average Bonchev–Trinajstić information content (AvgIpc) is 3.05. The number of halogens is 1. The maximum Gasteiger partial charge on any atom is 0.335 e. The lowest BCUT2D eigenvalue weighted by atomic mass is 10.2. The summed E-state index contributed by atoms with van der Waals surface area (Å²) in [5.41, 5.74) is 3.76. The standard InChI is InChI=1S/C19H15ClN2O2/c1-13-17(20)5-2-6-18(13)21-12-16-4-3-11-22(16)15-9-7-14(8-10-15)19(23)24/h2-12H,1H3,(H,23,24). The fourth-order valence-electron chi connectivity index (χ4n) is 2.37. The maximum atomic E-state index is 10.9. The molecule has 5 heteroatoms. The number of carboxylic acids is 1. The number of rotatable bonds is 4. The summed E-state index contributed by atoms with van der Waals surface area (Å²) in [6.07, 6.45) is 3.67. The van der Waals surface area contributed by atoms with E-state index in [1.165, 1.54) is 0 Å². The number of hydrogen-bond acceptors (Lipinski definition) is 2. The molecule has 0 saturated carbocycles. The van der Waals surface area contributed by atoms with Crippen molar-refractivity contribution >= 4 is 29.5 Å². The lowest BCUT2D eigenvalue weighted by Gasteiger charge is -2.07. The molecule has 1 heterocycles. The van der Waals surface area contributed by atoms with Gasteiger partial charge in [0.15, 0.2) is 0 Å². The molecule has 0 amide bonds. The highest BCUT2D eigenvalue weighted by atomic mass is 35.5. The summed E-state index contributed by atoms with van der Waals surface area (Å²) in [5, 5.41) is 9.67. The van der Waals surface area contributed by atoms with Crippen molar-refractivity contribution in [3.63, 3.8) is 0 Å². The molecule has 0 atom stereocenters. The lowest BCUT2D eigenvalue weighted by molar-refractivity contribution is 0.0697. The van der Waals surface area contributed by atoms with E-state index in [0.29, 0.717) is 5.02 Å². The van der Waals surface area contributed by atoms with Gasteiger partial charge in [-0.05, 0) is 61.0 Å². The molecule has 2 aromatic carbocycles. The Morgan fingerprint density at radius 2 is 1.88 bits per heavy atom. The highest BCUT2D eigenvalue weighted by Gasteiger charge is 2.05. The lowest BCUT2D eigenvalue weighted by Crippen LogP contribution is -2.00. The van der Waals surface area contributed by atoms with Crippen molar-refractivity contribution in [1.29, 1.82) is 0 Å². The van der Waals surface area contributed by atoms with Gasteiger partial charge in [0.05, 0.1) is 23.2 Å². The molecule has 0 saturated heterocycles. The van der Waals surface area contributed by atoms with Crippen LogP contribution in [0.3, 0.4) is 0 Å². The summed E-state index contributed by atoms with van der Waals surface area (Å²) in [6, 6.07) is 16.2. The van der Waals surface area contributed by atoms with Crippen molar-refractivity contribution in [2.24, 2.45) is 4.99 Å². The number of nitrogens with zero attached hydrogens (tertiary/aromatic N) is 2. The number of hydrogen-bond donors (Lipinski definition) is 1. The molecular weight excluding hydrogens is 324 g/mol. The highest BCUT2D eigenvalue weighted by molar-refractivity contribution is 6.31. The fraction of sp³-hybridized carbons (Fsp3) is 0.0526. The monoisotopic (exact) mass is 338 g/mol. The summed E-state index contributed by atoms with van der Waals surface area (Å²) >= 11 is 6.11. The van der Waals surface area contributed by atoms with Gasteiger partial charge in [0.25, 0.3) is 0 Å². The van der Waals surface area contributed by atoms with Crippen molar-refractivity contribution in [2.45, 2.75) is 6.92 Å². The van der Waals surface area contributed by atoms with Crippen LogP contribution in [-0.2, 0) is 0 Å². The Hall–Kier alpha value is -2.85. The van der Waals surface area contributed by atoms with Gasteiger partial charge in [-0.25, -0.2) is 4.79 Å². The van der Waals surface area contributed by atoms with Crippen LogP contribution in [0.15, 0.2) is 65.8 Å². The van der Waals surface area contributed by atoms with Crippen LogP contribution in [0.1, 0.15) is 21.6 Å². The number of carbonyl (C=O) groups is 1. The van der Waals surface area contributed by atoms with Crippen LogP contribution in [0.5, 0.6) is 0 Å². The van der Waals surface area contributed by atoms with Crippen LogP contribution in [0.2, 0.25) is 5.02 Å². The van der Waals surface area contributed by atoms with Crippen molar-refractivity contribution in [3.8, 4) is 5.69 Å². The third kappa shape index (κ3) is 3.24. The SMILES string of the molecule is Cc1c(Cl)cccc1N=Cc1cccn1-c1ccc(C(=O)O)cc1. The van der Waals surface area contributed by atoms with E-state index >= 15 is 0 Å². The van der Waals surface area contributed by atoms with E-state index < -0.39 is 5.97 Å². The summed E-state index contributed by atoms with van der Waals surface area (Å²) < 4.78 is 1.94. The molecule has 0 unspecified atom stereocenters. The van der Waals surface area contributed by atoms with E-state index in [1.54, 1.807) is 30.5 Å². The molecule has 1 aromatic heterocycles. The molecule has 3 aromatic rings. The Labute approximate surface area is 144 Å². The average molecular weight is 339 g/mol. The van der Waals surface area contributed by atoms with Crippen LogP contribution in [0, 0.1) is 6.92 Å². The van der Waals surface area contributed by atoms with Crippen molar-refractivity contribution in [3.05, 3.63) is 82.6 Å². The highest BCUT2D eigenvalue weighted by Crippen LogP contribution is 2.25. The predicted octanol–water partition coefficient (Wildman–Crippen LogP) is 4.89. The molecule has 0 radical (unpaired) electrons. The van der Waals surface area contributed by atoms with Gasteiger partial charge >= 0.3 is 5.97 Å². The zero-order valence-corrected chi connectivity index (χ0v) is 13.7. The van der Waals surface area contributed by atoms with E-state index in [0.717, 1.165) is 22.6 Å². The molecule has 4 nitrogen and oxygen atoms in total. The second-order valence-electron chi connectivity index (χ2n) is 5.30. The fourth-order valence-corrected chi connectivity index (χ4v) is 2.54. The Balaban J connectivity index is 1.92. The minimum atomic E-state index is -0.938. The molecular formula is C19H15ClN2O2. The van der Waals surface area contributed by atoms with Gasteiger partial charge in [-0.1, -0.05) is 17.7 Å². The quantitative estimate of drug-likeness (QED) is 0.689. The third-order valence-corrected chi connectivity index (χ3v) is 4.16. The van der Waals surface area contributed by atoms with Crippen LogP contribution in [0.25, 0.3) is 5.69 Å². The topological polar surface area (TPSA) is 54.6 Å². The number of aromatic carboxylic acids is 1. The Bertz CT molecular complexity index is 911. The smallest absolute Gasteiger partial charge is 0.335 e. The van der Waals surface area contributed by atoms with Gasteiger partial charge in [-0.15, -0.1) is 0 Å². The number of aliphatic imine (C=N–C) groups is 1. The summed E-state index contributed by atoms with van der Waals surface area (Å²) in [5.74, 6) is -0.938. The van der Waals surface area contributed by atoms with E-state index in [1.807, 2.05) is 48.0 Å². The van der Waals surface area contributed by atoms with Gasteiger partial charge in [0.1, 0.15) is 0 Å². The van der Waals surface area contributed by atoms with Crippen molar-refractivity contribution in [1.82, 2.24) is 4.57 Å². The summed E-state index contributed by atoms with van der Waals surface area (Å²) in [4.78, 5) is 15.5. The largest absolute Gasteiger partial charge is 0.478 e. The first-order valence-corrected chi connectivity index (χ1v) is 7.74. The molecule has 120 valence electrons. The molecule has 1 N–H and O–H groups in total. The molecule has 0 bridgehead atoms. The van der Waals surface area contributed by atoms with Crippen LogP contribution in [0.4, 0.5) is 5.69 Å². The van der Waals surface area contributed by atoms with Gasteiger partial charge < -0.3 is 9.67 Å². The minimum Gasteiger partial charge on any atom is -0.478 e. The summed E-state index contributed by atoms with van der Waals surface area (Å²) in [6.45, 7) is 1.93. The molecule has 0 aliphatic heterocycles. The second kappa shape index (κ2) is 6.72. The van der Waals surface area contributed by atoms with E-state index in [-0.39, 0.29) is 5.56 Å². The second-order valence-corrected chi connectivity index (χ2v) is 5.70. The Morgan fingerprint density at radius 3 is 2.58 bits per heavy atom. The molecule has 0 fully saturated rings. The first-order chi connectivity index (χ1) is 11.6. The van der Waals surface area contributed by atoms with Gasteiger partial charge in [0, 0.05) is 16.9 Å². The zero-order valence-electron chi connectivity index (χ0n) is 13.0. The van der Waals surface area contributed by atoms with Gasteiger partial charge in [0.2, 0.25) is 0 Å². The van der Waals surface area contributed by atoms with Crippen molar-refractivity contribution < 1.29 is 9.90 Å². The first-order valence-electron chi connectivity index (χ1n) is 7.36. The number of aromatic nitrogens is 1. The number of benzene rings is 2. The van der Waals surface area contributed by atoms with Crippen LogP contribution >= 0.6 is 11.6 Å². The Morgan fingerprint density at radius 1 is 1.12 bits per heavy atom.